The minimum absolute atomic E-state index is 0.147. The molecule has 0 aliphatic carbocycles. The SMILES string of the molecule is Cc1cccnc1NC(=O)CCc1ncc(-c2ccc(Cl)cc2Cl)o1. The van der Waals surface area contributed by atoms with Crippen molar-refractivity contribution < 1.29 is 9.21 Å². The number of hydrogen-bond donors (Lipinski definition) is 1. The summed E-state index contributed by atoms with van der Waals surface area (Å²) in [5, 5.41) is 3.81. The fourth-order valence-electron chi connectivity index (χ4n) is 2.27. The third kappa shape index (κ3) is 4.38. The number of oxazole rings is 1. The molecule has 0 spiro atoms. The Labute approximate surface area is 155 Å². The monoisotopic (exact) mass is 375 g/mol. The summed E-state index contributed by atoms with van der Waals surface area (Å²) in [5.41, 5.74) is 1.62. The van der Waals surface area contributed by atoms with Crippen molar-refractivity contribution in [1.29, 1.82) is 0 Å². The molecule has 0 saturated carbocycles. The lowest BCUT2D eigenvalue weighted by Crippen LogP contribution is -2.14. The van der Waals surface area contributed by atoms with Crippen LogP contribution in [0.3, 0.4) is 0 Å². The standard InChI is InChI=1S/C18H15Cl2N3O2/c1-11-3-2-8-21-18(11)23-16(24)6-7-17-22-10-15(25-17)13-5-4-12(19)9-14(13)20/h2-5,8-10H,6-7H2,1H3,(H,21,23,24). The number of aryl methyl sites for hydroxylation is 2. The number of nitrogens with one attached hydrogen (secondary N) is 1. The van der Waals surface area contributed by atoms with Gasteiger partial charge in [0.05, 0.1) is 11.2 Å². The molecule has 3 rings (SSSR count). The van der Waals surface area contributed by atoms with Crippen LogP contribution in [-0.2, 0) is 11.2 Å². The predicted octanol–water partition coefficient (Wildman–Crippen LogP) is 4.92. The number of carbonyl (C=O) groups excluding carboxylic acids is 1. The largest absolute Gasteiger partial charge is 0.441 e. The Balaban J connectivity index is 1.62. The quantitative estimate of drug-likeness (QED) is 0.686. The molecule has 0 unspecified atom stereocenters. The van der Waals surface area contributed by atoms with Gasteiger partial charge in [0.1, 0.15) is 5.82 Å². The van der Waals surface area contributed by atoms with Crippen molar-refractivity contribution in [3.63, 3.8) is 0 Å². The number of aromatic nitrogens is 2. The molecule has 0 bridgehead atoms. The summed E-state index contributed by atoms with van der Waals surface area (Å²) in [5.74, 6) is 1.42. The average molecular weight is 376 g/mol. The molecule has 0 saturated heterocycles. The summed E-state index contributed by atoms with van der Waals surface area (Å²) in [7, 11) is 0. The van der Waals surface area contributed by atoms with E-state index in [2.05, 4.69) is 15.3 Å². The van der Waals surface area contributed by atoms with Crippen LogP contribution in [0.25, 0.3) is 11.3 Å². The lowest BCUT2D eigenvalue weighted by Gasteiger charge is -2.05. The van der Waals surface area contributed by atoms with Crippen LogP contribution in [-0.4, -0.2) is 15.9 Å². The van der Waals surface area contributed by atoms with Gasteiger partial charge in [0, 0.05) is 29.6 Å². The molecule has 5 nitrogen and oxygen atoms in total. The van der Waals surface area contributed by atoms with Gasteiger partial charge < -0.3 is 9.73 Å². The number of pyridine rings is 1. The average Bonchev–Trinajstić information content (AvgIpc) is 3.04. The summed E-state index contributed by atoms with van der Waals surface area (Å²) >= 11 is 12.1. The van der Waals surface area contributed by atoms with Crippen LogP contribution in [0.2, 0.25) is 10.0 Å². The highest BCUT2D eigenvalue weighted by atomic mass is 35.5. The molecule has 2 aromatic heterocycles. The highest BCUT2D eigenvalue weighted by molar-refractivity contribution is 6.36. The van der Waals surface area contributed by atoms with E-state index in [0.717, 1.165) is 5.56 Å². The van der Waals surface area contributed by atoms with Gasteiger partial charge in [-0.1, -0.05) is 29.3 Å². The van der Waals surface area contributed by atoms with Crippen LogP contribution in [0.15, 0.2) is 47.1 Å². The molecule has 1 aromatic carbocycles. The molecular weight excluding hydrogens is 361 g/mol. The van der Waals surface area contributed by atoms with Gasteiger partial charge in [-0.25, -0.2) is 9.97 Å². The van der Waals surface area contributed by atoms with E-state index < -0.39 is 0 Å². The Bertz CT molecular complexity index is 909. The van der Waals surface area contributed by atoms with E-state index >= 15 is 0 Å². The summed E-state index contributed by atoms with van der Waals surface area (Å²) in [6.07, 6.45) is 3.84. The Morgan fingerprint density at radius 1 is 1.24 bits per heavy atom. The van der Waals surface area contributed by atoms with Gasteiger partial charge in [0.25, 0.3) is 0 Å². The molecule has 0 fully saturated rings. The topological polar surface area (TPSA) is 68.0 Å². The van der Waals surface area contributed by atoms with Crippen molar-refractivity contribution in [1.82, 2.24) is 9.97 Å². The number of benzene rings is 1. The second-order valence-corrected chi connectivity index (χ2v) is 6.30. The van der Waals surface area contributed by atoms with E-state index in [9.17, 15) is 4.79 Å². The zero-order valence-electron chi connectivity index (χ0n) is 13.4. The molecule has 1 N–H and O–H groups in total. The summed E-state index contributed by atoms with van der Waals surface area (Å²) < 4.78 is 5.68. The smallest absolute Gasteiger partial charge is 0.226 e. The molecule has 3 aromatic rings. The first-order chi connectivity index (χ1) is 12.0. The van der Waals surface area contributed by atoms with Crippen LogP contribution in [0, 0.1) is 6.92 Å². The number of halogens is 2. The van der Waals surface area contributed by atoms with Gasteiger partial charge in [-0.05, 0) is 36.8 Å². The molecule has 128 valence electrons. The van der Waals surface area contributed by atoms with Crippen LogP contribution in [0.4, 0.5) is 5.82 Å². The predicted molar refractivity (Wildman–Crippen MR) is 97.9 cm³/mol. The summed E-state index contributed by atoms with van der Waals surface area (Å²) in [6, 6.07) is 8.85. The van der Waals surface area contributed by atoms with Crippen molar-refractivity contribution in [2.45, 2.75) is 19.8 Å². The molecular formula is C18H15Cl2N3O2. The van der Waals surface area contributed by atoms with Gasteiger partial charge in [0.15, 0.2) is 11.7 Å². The first-order valence-corrected chi connectivity index (χ1v) is 8.40. The number of nitrogens with zero attached hydrogens (tertiary/aromatic N) is 2. The minimum atomic E-state index is -0.147. The maximum Gasteiger partial charge on any atom is 0.226 e. The molecule has 0 atom stereocenters. The van der Waals surface area contributed by atoms with Gasteiger partial charge >= 0.3 is 0 Å². The highest BCUT2D eigenvalue weighted by Gasteiger charge is 2.12. The fraction of sp³-hybridized carbons (Fsp3) is 0.167. The molecule has 0 aliphatic rings. The lowest BCUT2D eigenvalue weighted by atomic mass is 10.2. The summed E-state index contributed by atoms with van der Waals surface area (Å²) in [4.78, 5) is 20.4. The van der Waals surface area contributed by atoms with E-state index in [0.29, 0.717) is 39.5 Å². The maximum atomic E-state index is 12.1. The molecule has 0 radical (unpaired) electrons. The Hall–Kier alpha value is -2.37. The first kappa shape index (κ1) is 17.5. The van der Waals surface area contributed by atoms with Crippen molar-refractivity contribution >= 4 is 34.9 Å². The molecule has 0 aliphatic heterocycles. The van der Waals surface area contributed by atoms with Crippen LogP contribution in [0.5, 0.6) is 0 Å². The van der Waals surface area contributed by atoms with Crippen molar-refractivity contribution in [2.24, 2.45) is 0 Å². The van der Waals surface area contributed by atoms with Crippen LogP contribution < -0.4 is 5.32 Å². The van der Waals surface area contributed by atoms with Crippen molar-refractivity contribution in [3.05, 3.63) is 64.2 Å². The third-order valence-corrected chi connectivity index (χ3v) is 4.13. The van der Waals surface area contributed by atoms with E-state index in [4.69, 9.17) is 27.6 Å². The second kappa shape index (κ2) is 7.68. The Morgan fingerprint density at radius 3 is 2.84 bits per heavy atom. The number of carbonyl (C=O) groups is 1. The first-order valence-electron chi connectivity index (χ1n) is 7.64. The van der Waals surface area contributed by atoms with Crippen molar-refractivity contribution in [3.8, 4) is 11.3 Å². The second-order valence-electron chi connectivity index (χ2n) is 5.46. The maximum absolute atomic E-state index is 12.1. The number of anilines is 1. The van der Waals surface area contributed by atoms with E-state index in [1.165, 1.54) is 0 Å². The van der Waals surface area contributed by atoms with Gasteiger partial charge in [-0.2, -0.15) is 0 Å². The van der Waals surface area contributed by atoms with E-state index in [1.807, 2.05) is 19.1 Å². The molecule has 7 heteroatoms. The normalized spacial score (nSPS) is 10.7. The minimum Gasteiger partial charge on any atom is -0.441 e. The third-order valence-electron chi connectivity index (χ3n) is 3.58. The zero-order valence-corrected chi connectivity index (χ0v) is 14.9. The van der Waals surface area contributed by atoms with E-state index in [-0.39, 0.29) is 12.3 Å². The van der Waals surface area contributed by atoms with E-state index in [1.54, 1.807) is 30.6 Å². The fourth-order valence-corrected chi connectivity index (χ4v) is 2.77. The number of hydrogen-bond acceptors (Lipinski definition) is 4. The Kier molecular flexibility index (Phi) is 5.36. The number of rotatable bonds is 5. The molecule has 25 heavy (non-hydrogen) atoms. The van der Waals surface area contributed by atoms with Crippen LogP contribution in [0.1, 0.15) is 17.9 Å². The lowest BCUT2D eigenvalue weighted by molar-refractivity contribution is -0.116. The van der Waals surface area contributed by atoms with Crippen LogP contribution >= 0.6 is 23.2 Å². The highest BCUT2D eigenvalue weighted by Crippen LogP contribution is 2.30. The summed E-state index contributed by atoms with van der Waals surface area (Å²) in [6.45, 7) is 1.89. The molecule has 2 heterocycles. The van der Waals surface area contributed by atoms with Crippen molar-refractivity contribution in [2.75, 3.05) is 5.32 Å². The number of amides is 1. The van der Waals surface area contributed by atoms with Gasteiger partial charge in [-0.15, -0.1) is 0 Å². The van der Waals surface area contributed by atoms with Gasteiger partial charge in [0.2, 0.25) is 5.91 Å². The Morgan fingerprint density at radius 2 is 2.08 bits per heavy atom. The molecule has 1 amide bonds. The van der Waals surface area contributed by atoms with Gasteiger partial charge in [-0.3, -0.25) is 4.79 Å². The zero-order chi connectivity index (χ0) is 17.8.